The van der Waals surface area contributed by atoms with Crippen LogP contribution in [-0.2, 0) is 4.79 Å². The van der Waals surface area contributed by atoms with Crippen molar-refractivity contribution in [3.8, 4) is 0 Å². The van der Waals surface area contributed by atoms with Gasteiger partial charge in [0.2, 0.25) is 5.91 Å². The van der Waals surface area contributed by atoms with Crippen molar-refractivity contribution in [1.29, 1.82) is 0 Å². The van der Waals surface area contributed by atoms with E-state index in [0.717, 1.165) is 5.69 Å². The summed E-state index contributed by atoms with van der Waals surface area (Å²) in [6, 6.07) is 6.55. The number of hydrogen-bond donors (Lipinski definition) is 1. The standard InChI is InChI=1S/C14H19N3O4/c18-10-2-5-14(19)16-8-6-15(7-9-16)12-3-1-4-13(11-12)17(20)21/h1,3-4,11,18H,2,5-10H2. The summed E-state index contributed by atoms with van der Waals surface area (Å²) in [4.78, 5) is 26.1. The molecule has 0 aliphatic carbocycles. The second kappa shape index (κ2) is 7.03. The number of non-ortho nitro benzene ring substituents is 1. The minimum atomic E-state index is -0.405. The fourth-order valence-electron chi connectivity index (χ4n) is 2.41. The van der Waals surface area contributed by atoms with Gasteiger partial charge >= 0.3 is 0 Å². The van der Waals surface area contributed by atoms with E-state index in [1.807, 2.05) is 11.0 Å². The highest BCUT2D eigenvalue weighted by Crippen LogP contribution is 2.22. The van der Waals surface area contributed by atoms with Crippen molar-refractivity contribution in [2.24, 2.45) is 0 Å². The fourth-order valence-corrected chi connectivity index (χ4v) is 2.41. The van der Waals surface area contributed by atoms with Crippen LogP contribution in [0.25, 0.3) is 0 Å². The second-order valence-corrected chi connectivity index (χ2v) is 4.97. The maximum absolute atomic E-state index is 11.9. The lowest BCUT2D eigenvalue weighted by atomic mass is 10.2. The Bertz CT molecular complexity index is 513. The van der Waals surface area contributed by atoms with Gasteiger partial charge in [0.25, 0.3) is 5.69 Å². The molecular formula is C14H19N3O4. The van der Waals surface area contributed by atoms with E-state index in [-0.39, 0.29) is 18.2 Å². The highest BCUT2D eigenvalue weighted by atomic mass is 16.6. The van der Waals surface area contributed by atoms with E-state index < -0.39 is 4.92 Å². The predicted molar refractivity (Wildman–Crippen MR) is 78.2 cm³/mol. The van der Waals surface area contributed by atoms with E-state index >= 15 is 0 Å². The molecule has 1 fully saturated rings. The van der Waals surface area contributed by atoms with Gasteiger partial charge in [0, 0.05) is 57.0 Å². The van der Waals surface area contributed by atoms with Gasteiger partial charge in [-0.1, -0.05) is 6.07 Å². The summed E-state index contributed by atoms with van der Waals surface area (Å²) in [5.74, 6) is 0.0581. The molecule has 1 saturated heterocycles. The first kappa shape index (κ1) is 15.2. The summed E-state index contributed by atoms with van der Waals surface area (Å²) in [5, 5.41) is 19.5. The zero-order valence-corrected chi connectivity index (χ0v) is 11.8. The van der Waals surface area contributed by atoms with Crippen LogP contribution >= 0.6 is 0 Å². The van der Waals surface area contributed by atoms with Gasteiger partial charge in [-0.05, 0) is 12.5 Å². The van der Waals surface area contributed by atoms with Crippen molar-refractivity contribution in [1.82, 2.24) is 4.90 Å². The van der Waals surface area contributed by atoms with Crippen LogP contribution in [0, 0.1) is 10.1 Å². The Hall–Kier alpha value is -2.15. The summed E-state index contributed by atoms with van der Waals surface area (Å²) >= 11 is 0. The van der Waals surface area contributed by atoms with Crippen LogP contribution in [0.3, 0.4) is 0 Å². The van der Waals surface area contributed by atoms with Gasteiger partial charge in [0.15, 0.2) is 0 Å². The number of carbonyl (C=O) groups excluding carboxylic acids is 1. The molecule has 0 saturated carbocycles. The minimum absolute atomic E-state index is 0.0272. The molecule has 21 heavy (non-hydrogen) atoms. The quantitative estimate of drug-likeness (QED) is 0.647. The van der Waals surface area contributed by atoms with Crippen LogP contribution in [0.4, 0.5) is 11.4 Å². The van der Waals surface area contributed by atoms with Crippen LogP contribution in [0.1, 0.15) is 12.8 Å². The number of carbonyl (C=O) groups is 1. The molecule has 1 heterocycles. The summed E-state index contributed by atoms with van der Waals surface area (Å²) in [7, 11) is 0. The molecule has 7 nitrogen and oxygen atoms in total. The minimum Gasteiger partial charge on any atom is -0.396 e. The number of piperazine rings is 1. The smallest absolute Gasteiger partial charge is 0.271 e. The average molecular weight is 293 g/mol. The Balaban J connectivity index is 1.93. The largest absolute Gasteiger partial charge is 0.396 e. The van der Waals surface area contributed by atoms with Crippen molar-refractivity contribution in [2.75, 3.05) is 37.7 Å². The Labute approximate surface area is 122 Å². The maximum Gasteiger partial charge on any atom is 0.271 e. The zero-order chi connectivity index (χ0) is 15.2. The molecule has 1 aromatic rings. The van der Waals surface area contributed by atoms with Gasteiger partial charge < -0.3 is 14.9 Å². The van der Waals surface area contributed by atoms with Gasteiger partial charge in [-0.2, -0.15) is 0 Å². The van der Waals surface area contributed by atoms with E-state index in [9.17, 15) is 14.9 Å². The van der Waals surface area contributed by atoms with Crippen LogP contribution in [-0.4, -0.2) is 53.6 Å². The maximum atomic E-state index is 11.9. The number of hydrogen-bond acceptors (Lipinski definition) is 5. The van der Waals surface area contributed by atoms with Crippen LogP contribution in [0.5, 0.6) is 0 Å². The van der Waals surface area contributed by atoms with Crippen molar-refractivity contribution in [2.45, 2.75) is 12.8 Å². The first-order chi connectivity index (χ1) is 10.1. The highest BCUT2D eigenvalue weighted by Gasteiger charge is 2.21. The monoisotopic (exact) mass is 293 g/mol. The van der Waals surface area contributed by atoms with E-state index in [2.05, 4.69) is 0 Å². The van der Waals surface area contributed by atoms with E-state index in [4.69, 9.17) is 5.11 Å². The van der Waals surface area contributed by atoms with Crippen LogP contribution < -0.4 is 4.90 Å². The molecule has 0 spiro atoms. The lowest BCUT2D eigenvalue weighted by Crippen LogP contribution is -2.48. The Morgan fingerprint density at radius 1 is 1.29 bits per heavy atom. The molecule has 0 unspecified atom stereocenters. The van der Waals surface area contributed by atoms with Crippen LogP contribution in [0.2, 0.25) is 0 Å². The molecule has 0 aromatic heterocycles. The van der Waals surface area contributed by atoms with E-state index in [1.54, 1.807) is 17.0 Å². The number of rotatable bonds is 5. The number of amides is 1. The van der Waals surface area contributed by atoms with Gasteiger partial charge in [-0.3, -0.25) is 14.9 Å². The van der Waals surface area contributed by atoms with Crippen molar-refractivity contribution < 1.29 is 14.8 Å². The molecular weight excluding hydrogens is 274 g/mol. The average Bonchev–Trinajstić information content (AvgIpc) is 2.53. The summed E-state index contributed by atoms with van der Waals surface area (Å²) < 4.78 is 0. The number of nitrogens with zero attached hydrogens (tertiary/aromatic N) is 3. The summed E-state index contributed by atoms with van der Waals surface area (Å²) in [6.07, 6.45) is 0.858. The third-order valence-corrected chi connectivity index (χ3v) is 3.59. The number of anilines is 1. The number of benzene rings is 1. The van der Waals surface area contributed by atoms with Crippen molar-refractivity contribution in [3.63, 3.8) is 0 Å². The normalized spacial score (nSPS) is 15.1. The first-order valence-corrected chi connectivity index (χ1v) is 7.00. The third kappa shape index (κ3) is 3.91. The van der Waals surface area contributed by atoms with Gasteiger partial charge in [-0.15, -0.1) is 0 Å². The number of nitro groups is 1. The lowest BCUT2D eigenvalue weighted by molar-refractivity contribution is -0.384. The molecule has 2 rings (SSSR count). The molecule has 1 aliphatic heterocycles. The molecule has 0 atom stereocenters. The molecule has 0 bridgehead atoms. The topological polar surface area (TPSA) is 86.9 Å². The molecule has 114 valence electrons. The molecule has 1 aliphatic rings. The molecule has 1 amide bonds. The van der Waals surface area contributed by atoms with Gasteiger partial charge in [0.05, 0.1) is 4.92 Å². The Morgan fingerprint density at radius 2 is 2.00 bits per heavy atom. The zero-order valence-electron chi connectivity index (χ0n) is 11.8. The second-order valence-electron chi connectivity index (χ2n) is 4.97. The Kier molecular flexibility index (Phi) is 5.10. The first-order valence-electron chi connectivity index (χ1n) is 7.00. The SMILES string of the molecule is O=C(CCCO)N1CCN(c2cccc([N+](=O)[O-])c2)CC1. The van der Waals surface area contributed by atoms with E-state index in [0.29, 0.717) is 39.0 Å². The predicted octanol–water partition coefficient (Wildman–Crippen LogP) is 1.02. The molecule has 1 N–H and O–H groups in total. The number of aliphatic hydroxyl groups is 1. The lowest BCUT2D eigenvalue weighted by Gasteiger charge is -2.36. The fraction of sp³-hybridized carbons (Fsp3) is 0.500. The number of nitro benzene ring substituents is 1. The van der Waals surface area contributed by atoms with Crippen molar-refractivity contribution >= 4 is 17.3 Å². The van der Waals surface area contributed by atoms with Crippen molar-refractivity contribution in [3.05, 3.63) is 34.4 Å². The molecule has 1 aromatic carbocycles. The third-order valence-electron chi connectivity index (χ3n) is 3.59. The number of aliphatic hydroxyl groups excluding tert-OH is 1. The van der Waals surface area contributed by atoms with Crippen LogP contribution in [0.15, 0.2) is 24.3 Å². The molecule has 7 heteroatoms. The van der Waals surface area contributed by atoms with Gasteiger partial charge in [0.1, 0.15) is 0 Å². The highest BCUT2D eigenvalue weighted by molar-refractivity contribution is 5.76. The summed E-state index contributed by atoms with van der Waals surface area (Å²) in [5.41, 5.74) is 0.889. The van der Waals surface area contributed by atoms with E-state index in [1.165, 1.54) is 6.07 Å². The summed E-state index contributed by atoms with van der Waals surface area (Å²) in [6.45, 7) is 2.55. The molecule has 0 radical (unpaired) electrons. The Morgan fingerprint density at radius 3 is 2.62 bits per heavy atom. The van der Waals surface area contributed by atoms with Gasteiger partial charge in [-0.25, -0.2) is 0 Å².